The molecule has 0 fully saturated rings. The van der Waals surface area contributed by atoms with E-state index in [1.165, 1.54) is 4.57 Å². The van der Waals surface area contributed by atoms with Crippen LogP contribution in [0.2, 0.25) is 0 Å². The molecule has 0 radical (unpaired) electrons. The van der Waals surface area contributed by atoms with Crippen molar-refractivity contribution in [1.82, 2.24) is 14.1 Å². The summed E-state index contributed by atoms with van der Waals surface area (Å²) in [5, 5.41) is 10.8. The molecule has 8 nitrogen and oxygen atoms in total. The first kappa shape index (κ1) is 19.5. The Balaban J connectivity index is 2.17. The number of carboxylic acid groups (broad SMARTS) is 1. The van der Waals surface area contributed by atoms with Crippen molar-refractivity contribution in [3.8, 4) is 5.69 Å². The van der Waals surface area contributed by atoms with Gasteiger partial charge in [-0.3, -0.25) is 4.79 Å². The highest BCUT2D eigenvalue weighted by atomic mass is 16.4. The molecule has 2 N–H and O–H groups in total. The lowest BCUT2D eigenvalue weighted by molar-refractivity contribution is 0.0687. The molecule has 4 rings (SSSR count). The quantitative estimate of drug-likeness (QED) is 0.531. The summed E-state index contributed by atoms with van der Waals surface area (Å²) in [6.45, 7) is 5.60. The van der Waals surface area contributed by atoms with E-state index < -0.39 is 17.2 Å². The number of hydrogen-bond acceptors (Lipinski definition) is 4. The molecule has 8 heteroatoms. The maximum absolute atomic E-state index is 13.2. The Morgan fingerprint density at radius 2 is 1.77 bits per heavy atom. The number of para-hydroxylation sites is 1. The van der Waals surface area contributed by atoms with Gasteiger partial charge in [-0.15, -0.1) is 0 Å². The summed E-state index contributed by atoms with van der Waals surface area (Å²) in [5.41, 5.74) is 0.638. The fraction of sp³-hybridized carbons (Fsp3) is 0.227. The SMILES string of the molecule is CCN(CC)c1ccc2c(c1)c(-n1c(=O)[nH]c3ccccc3c1=O)c(C(=O)O)n2C. The average molecular weight is 406 g/mol. The number of hydrogen-bond donors (Lipinski definition) is 2. The van der Waals surface area contributed by atoms with Crippen LogP contribution in [-0.2, 0) is 7.05 Å². The van der Waals surface area contributed by atoms with Crippen LogP contribution in [0.1, 0.15) is 24.3 Å². The van der Waals surface area contributed by atoms with Crippen molar-refractivity contribution in [2.24, 2.45) is 7.05 Å². The van der Waals surface area contributed by atoms with E-state index in [0.29, 0.717) is 21.8 Å². The van der Waals surface area contributed by atoms with E-state index in [-0.39, 0.29) is 11.4 Å². The number of aryl methyl sites for hydroxylation is 1. The number of H-pyrrole nitrogens is 1. The number of carboxylic acids is 1. The number of anilines is 1. The van der Waals surface area contributed by atoms with E-state index in [4.69, 9.17) is 0 Å². The fourth-order valence-corrected chi connectivity index (χ4v) is 4.04. The zero-order chi connectivity index (χ0) is 21.6. The molecular weight excluding hydrogens is 384 g/mol. The summed E-state index contributed by atoms with van der Waals surface area (Å²) < 4.78 is 2.43. The van der Waals surface area contributed by atoms with E-state index >= 15 is 0 Å². The van der Waals surface area contributed by atoms with Gasteiger partial charge in [-0.25, -0.2) is 14.2 Å². The molecule has 0 unspecified atom stereocenters. The number of nitrogens with zero attached hydrogens (tertiary/aromatic N) is 3. The maximum Gasteiger partial charge on any atom is 0.354 e. The van der Waals surface area contributed by atoms with E-state index in [1.54, 1.807) is 31.3 Å². The van der Waals surface area contributed by atoms with Crippen LogP contribution >= 0.6 is 0 Å². The monoisotopic (exact) mass is 406 g/mol. The number of aromatic carboxylic acids is 1. The highest BCUT2D eigenvalue weighted by Crippen LogP contribution is 2.31. The van der Waals surface area contributed by atoms with Crippen molar-refractivity contribution in [2.45, 2.75) is 13.8 Å². The van der Waals surface area contributed by atoms with Gasteiger partial charge in [0.15, 0.2) is 5.69 Å². The van der Waals surface area contributed by atoms with Gasteiger partial charge in [-0.2, -0.15) is 0 Å². The van der Waals surface area contributed by atoms with Crippen molar-refractivity contribution < 1.29 is 9.90 Å². The van der Waals surface area contributed by atoms with Gasteiger partial charge < -0.3 is 19.6 Å². The number of fused-ring (bicyclic) bond motifs is 2. The Morgan fingerprint density at radius 3 is 2.43 bits per heavy atom. The molecular formula is C22H22N4O4. The smallest absolute Gasteiger partial charge is 0.354 e. The highest BCUT2D eigenvalue weighted by molar-refractivity contribution is 6.04. The number of nitrogens with one attached hydrogen (secondary N) is 1. The zero-order valence-electron chi connectivity index (χ0n) is 17.0. The van der Waals surface area contributed by atoms with E-state index in [2.05, 4.69) is 9.88 Å². The molecule has 0 saturated carbocycles. The summed E-state index contributed by atoms with van der Waals surface area (Å²) in [6, 6.07) is 12.2. The third-order valence-electron chi connectivity index (χ3n) is 5.52. The van der Waals surface area contributed by atoms with Crippen LogP contribution in [-0.4, -0.2) is 38.3 Å². The van der Waals surface area contributed by atoms with Crippen molar-refractivity contribution in [1.29, 1.82) is 0 Å². The minimum absolute atomic E-state index is 0.0750. The molecule has 4 aromatic rings. The van der Waals surface area contributed by atoms with Gasteiger partial charge in [-0.05, 0) is 44.2 Å². The molecule has 2 aromatic heterocycles. The van der Waals surface area contributed by atoms with Crippen LogP contribution in [0.5, 0.6) is 0 Å². The summed E-state index contributed by atoms with van der Waals surface area (Å²) in [5.74, 6) is -1.22. The zero-order valence-corrected chi connectivity index (χ0v) is 17.0. The molecule has 2 heterocycles. The fourth-order valence-electron chi connectivity index (χ4n) is 4.04. The molecule has 30 heavy (non-hydrogen) atoms. The number of benzene rings is 2. The van der Waals surface area contributed by atoms with Crippen LogP contribution in [0.15, 0.2) is 52.1 Å². The lowest BCUT2D eigenvalue weighted by Gasteiger charge is -2.21. The molecule has 0 saturated heterocycles. The maximum atomic E-state index is 13.2. The molecule has 0 aliphatic carbocycles. The van der Waals surface area contributed by atoms with Gasteiger partial charge in [-0.1, -0.05) is 12.1 Å². The van der Waals surface area contributed by atoms with E-state index in [0.717, 1.165) is 23.3 Å². The molecule has 0 atom stereocenters. The lowest BCUT2D eigenvalue weighted by atomic mass is 10.1. The van der Waals surface area contributed by atoms with E-state index in [9.17, 15) is 19.5 Å². The normalized spacial score (nSPS) is 11.3. The summed E-state index contributed by atoms with van der Waals surface area (Å²) in [6.07, 6.45) is 0. The number of carbonyl (C=O) groups is 1. The number of rotatable bonds is 5. The molecule has 2 aromatic carbocycles. The second kappa shape index (κ2) is 7.22. The minimum Gasteiger partial charge on any atom is -0.477 e. The van der Waals surface area contributed by atoms with Gasteiger partial charge in [0.25, 0.3) is 5.56 Å². The van der Waals surface area contributed by atoms with Crippen LogP contribution in [0.3, 0.4) is 0 Å². The first-order valence-corrected chi connectivity index (χ1v) is 9.74. The van der Waals surface area contributed by atoms with Crippen molar-refractivity contribution in [3.05, 3.63) is 69.0 Å². The second-order valence-electron chi connectivity index (χ2n) is 7.05. The number of aromatic amines is 1. The van der Waals surface area contributed by atoms with Gasteiger partial charge in [0, 0.05) is 31.2 Å². The largest absolute Gasteiger partial charge is 0.477 e. The first-order valence-electron chi connectivity index (χ1n) is 9.74. The minimum atomic E-state index is -1.22. The first-order chi connectivity index (χ1) is 14.4. The summed E-state index contributed by atoms with van der Waals surface area (Å²) in [7, 11) is 1.62. The summed E-state index contributed by atoms with van der Waals surface area (Å²) in [4.78, 5) is 43.1. The van der Waals surface area contributed by atoms with Crippen LogP contribution in [0.4, 0.5) is 5.69 Å². The van der Waals surface area contributed by atoms with Gasteiger partial charge in [0.1, 0.15) is 0 Å². The topological polar surface area (TPSA) is 100 Å². The predicted molar refractivity (Wildman–Crippen MR) is 117 cm³/mol. The average Bonchev–Trinajstić information content (AvgIpc) is 3.01. The molecule has 0 aliphatic rings. The van der Waals surface area contributed by atoms with E-state index in [1.807, 2.05) is 32.0 Å². The van der Waals surface area contributed by atoms with Crippen LogP contribution in [0.25, 0.3) is 27.5 Å². The third-order valence-corrected chi connectivity index (χ3v) is 5.52. The summed E-state index contributed by atoms with van der Waals surface area (Å²) >= 11 is 0. The van der Waals surface area contributed by atoms with Crippen molar-refractivity contribution in [2.75, 3.05) is 18.0 Å². The predicted octanol–water partition coefficient (Wildman–Crippen LogP) is 2.72. The Bertz CT molecular complexity index is 1410. The van der Waals surface area contributed by atoms with Gasteiger partial charge in [0.05, 0.1) is 22.1 Å². The standard InChI is InChI=1S/C22H22N4O4/c1-4-25(5-2)13-10-11-17-15(12-13)18(19(21(28)29)24(17)3)26-20(27)14-8-6-7-9-16(14)23-22(26)30/h6-12H,4-5H2,1-3H3,(H,23,30)(H,28,29). The van der Waals surface area contributed by atoms with Crippen LogP contribution in [0, 0.1) is 0 Å². The molecule has 0 bridgehead atoms. The molecule has 0 aliphatic heterocycles. The Kier molecular flexibility index (Phi) is 4.69. The van der Waals surface area contributed by atoms with Crippen molar-refractivity contribution >= 4 is 33.5 Å². The Morgan fingerprint density at radius 1 is 1.07 bits per heavy atom. The number of aromatic nitrogens is 3. The third kappa shape index (κ3) is 2.80. The Labute approximate surface area is 171 Å². The lowest BCUT2D eigenvalue weighted by Crippen LogP contribution is -2.34. The molecule has 154 valence electrons. The van der Waals surface area contributed by atoms with Crippen molar-refractivity contribution in [3.63, 3.8) is 0 Å². The Hall–Kier alpha value is -3.81. The second-order valence-corrected chi connectivity index (χ2v) is 7.05. The molecule has 0 spiro atoms. The molecule has 0 amide bonds. The van der Waals surface area contributed by atoms with Gasteiger partial charge in [0.2, 0.25) is 0 Å². The van der Waals surface area contributed by atoms with Crippen LogP contribution < -0.4 is 16.1 Å². The highest BCUT2D eigenvalue weighted by Gasteiger charge is 2.25. The van der Waals surface area contributed by atoms with Gasteiger partial charge >= 0.3 is 11.7 Å².